The Balaban J connectivity index is 1.65. The molecule has 0 spiro atoms. The third kappa shape index (κ3) is 10.7. The van der Waals surface area contributed by atoms with Crippen molar-refractivity contribution in [1.29, 1.82) is 0 Å². The molecule has 1 fully saturated rings. The molecule has 5 aromatic rings. The van der Waals surface area contributed by atoms with E-state index in [0.717, 1.165) is 35.1 Å². The zero-order valence-electron chi connectivity index (χ0n) is 41.6. The lowest BCUT2D eigenvalue weighted by atomic mass is 9.52. The van der Waals surface area contributed by atoms with Gasteiger partial charge in [-0.25, -0.2) is 0 Å². The van der Waals surface area contributed by atoms with Crippen LogP contribution in [0.25, 0.3) is 24.3 Å². The van der Waals surface area contributed by atoms with Gasteiger partial charge in [0, 0.05) is 14.2 Å². The number of hydrogen-bond donors (Lipinski definition) is 0. The van der Waals surface area contributed by atoms with Gasteiger partial charge in [-0.1, -0.05) is 259 Å². The minimum Gasteiger partial charge on any atom is -0.351 e. The van der Waals surface area contributed by atoms with Crippen LogP contribution in [-0.4, -0.2) is 20.0 Å². The molecule has 0 saturated heterocycles. The third-order valence-electron chi connectivity index (χ3n) is 13.6. The van der Waals surface area contributed by atoms with Gasteiger partial charge in [0.25, 0.3) is 0 Å². The standard InChI is InChI=1S/C62H76O2/c1-56(2,3)52-28-20-46(21-29-52)36-40-60(41-37-47-22-30-53(31-23-47)57(4,5)6)44-51(50-18-16-15-17-19-50)45-61(62(60,63-13)64-14,42-38-48-24-32-54(33-25-48)58(7,8)9)43-39-49-26-34-55(35-27-49)59(10,11)12/h15-43,51H,44-45H2,1-14H3/b40-36+,41-37+,42-38+,43-39+. The van der Waals surface area contributed by atoms with Crippen molar-refractivity contribution in [2.24, 2.45) is 10.8 Å². The Morgan fingerprint density at radius 2 is 0.625 bits per heavy atom. The summed E-state index contributed by atoms with van der Waals surface area (Å²) in [7, 11) is 3.68. The van der Waals surface area contributed by atoms with Gasteiger partial charge in [0.05, 0.1) is 10.8 Å². The summed E-state index contributed by atoms with van der Waals surface area (Å²) in [4.78, 5) is 0. The van der Waals surface area contributed by atoms with E-state index >= 15 is 0 Å². The normalized spacial score (nSPS) is 17.3. The van der Waals surface area contributed by atoms with Gasteiger partial charge in [0.15, 0.2) is 5.79 Å². The van der Waals surface area contributed by atoms with Crippen molar-refractivity contribution in [3.05, 3.63) is 202 Å². The van der Waals surface area contributed by atoms with E-state index in [2.05, 4.69) is 259 Å². The van der Waals surface area contributed by atoms with Gasteiger partial charge in [-0.3, -0.25) is 0 Å². The Labute approximate surface area is 388 Å². The van der Waals surface area contributed by atoms with Crippen molar-refractivity contribution in [3.63, 3.8) is 0 Å². The summed E-state index contributed by atoms with van der Waals surface area (Å²) >= 11 is 0. The minimum atomic E-state index is -1.20. The fraction of sp³-hybridized carbons (Fsp3) is 0.387. The van der Waals surface area contributed by atoms with E-state index in [0.29, 0.717) is 0 Å². The Morgan fingerprint density at radius 1 is 0.375 bits per heavy atom. The highest BCUT2D eigenvalue weighted by atomic mass is 16.7. The van der Waals surface area contributed by atoms with Crippen LogP contribution in [0.2, 0.25) is 0 Å². The average molecular weight is 853 g/mol. The monoisotopic (exact) mass is 853 g/mol. The summed E-state index contributed by atoms with van der Waals surface area (Å²) < 4.78 is 14.3. The van der Waals surface area contributed by atoms with E-state index in [1.807, 2.05) is 14.2 Å². The molecule has 1 saturated carbocycles. The van der Waals surface area contributed by atoms with Gasteiger partial charge in [-0.2, -0.15) is 0 Å². The topological polar surface area (TPSA) is 18.5 Å². The maximum absolute atomic E-state index is 7.13. The summed E-state index contributed by atoms with van der Waals surface area (Å²) in [6.07, 6.45) is 20.2. The number of hydrogen-bond acceptors (Lipinski definition) is 2. The highest BCUT2D eigenvalue weighted by Crippen LogP contribution is 2.64. The van der Waals surface area contributed by atoms with Crippen LogP contribution in [0.1, 0.15) is 152 Å². The van der Waals surface area contributed by atoms with Gasteiger partial charge in [-0.15, -0.1) is 0 Å². The summed E-state index contributed by atoms with van der Waals surface area (Å²) in [5.74, 6) is -1.06. The quantitative estimate of drug-likeness (QED) is 0.123. The van der Waals surface area contributed by atoms with Crippen LogP contribution in [-0.2, 0) is 31.1 Å². The van der Waals surface area contributed by atoms with Crippen molar-refractivity contribution in [2.75, 3.05) is 14.2 Å². The Hall–Kier alpha value is -5.02. The van der Waals surface area contributed by atoms with Crippen LogP contribution in [0.15, 0.2) is 152 Å². The van der Waals surface area contributed by atoms with Crippen LogP contribution in [0.4, 0.5) is 0 Å². The Bertz CT molecular complexity index is 2100. The second-order valence-electron chi connectivity index (χ2n) is 22.4. The second-order valence-corrected chi connectivity index (χ2v) is 22.4. The fourth-order valence-electron chi connectivity index (χ4n) is 9.57. The Morgan fingerprint density at radius 3 is 0.844 bits per heavy atom. The minimum absolute atomic E-state index is 0.0562. The summed E-state index contributed by atoms with van der Waals surface area (Å²) in [5, 5.41) is 0. The van der Waals surface area contributed by atoms with E-state index in [-0.39, 0.29) is 27.6 Å². The predicted octanol–water partition coefficient (Wildman–Crippen LogP) is 16.6. The molecule has 0 unspecified atom stereocenters. The Kier molecular flexibility index (Phi) is 14.3. The lowest BCUT2D eigenvalue weighted by Crippen LogP contribution is -2.63. The summed E-state index contributed by atoms with van der Waals surface area (Å²) in [6, 6.07) is 47.1. The molecule has 0 N–H and O–H groups in total. The SMILES string of the molecule is COC1(OC)C(/C=C/c2ccc(C(C)(C)C)cc2)(/C=C/c2ccc(C(C)(C)C)cc2)CC(c2ccccc2)CC1(/C=C/c1ccc(C(C)(C)C)cc1)/C=C/c1ccc(C(C)(C)C)cc1. The van der Waals surface area contributed by atoms with E-state index in [9.17, 15) is 0 Å². The first-order valence-corrected chi connectivity index (χ1v) is 23.4. The number of methoxy groups -OCH3 is 2. The zero-order valence-corrected chi connectivity index (χ0v) is 41.6. The van der Waals surface area contributed by atoms with E-state index < -0.39 is 16.6 Å². The summed E-state index contributed by atoms with van der Waals surface area (Å²) in [6.45, 7) is 27.2. The number of benzene rings is 5. The zero-order chi connectivity index (χ0) is 46.6. The molecule has 0 radical (unpaired) electrons. The van der Waals surface area contributed by atoms with Gasteiger partial charge >= 0.3 is 0 Å². The van der Waals surface area contributed by atoms with Gasteiger partial charge < -0.3 is 9.47 Å². The molecule has 5 aromatic carbocycles. The van der Waals surface area contributed by atoms with Crippen molar-refractivity contribution in [1.82, 2.24) is 0 Å². The number of ether oxygens (including phenoxy) is 2. The first-order chi connectivity index (χ1) is 30.0. The predicted molar refractivity (Wildman–Crippen MR) is 277 cm³/mol. The van der Waals surface area contributed by atoms with E-state index in [4.69, 9.17) is 9.47 Å². The molecule has 0 amide bonds. The van der Waals surface area contributed by atoms with Crippen LogP contribution in [0.5, 0.6) is 0 Å². The van der Waals surface area contributed by atoms with Gasteiger partial charge in [0.2, 0.25) is 0 Å². The van der Waals surface area contributed by atoms with Crippen LogP contribution in [0, 0.1) is 10.8 Å². The number of rotatable bonds is 11. The highest BCUT2D eigenvalue weighted by molar-refractivity contribution is 5.61. The van der Waals surface area contributed by atoms with E-state index in [1.165, 1.54) is 27.8 Å². The van der Waals surface area contributed by atoms with Crippen LogP contribution >= 0.6 is 0 Å². The molecular formula is C62H76O2. The first-order valence-electron chi connectivity index (χ1n) is 23.4. The second kappa shape index (κ2) is 18.8. The maximum atomic E-state index is 7.13. The molecule has 1 aliphatic carbocycles. The van der Waals surface area contributed by atoms with E-state index in [1.54, 1.807) is 0 Å². The van der Waals surface area contributed by atoms with Crippen LogP contribution < -0.4 is 0 Å². The van der Waals surface area contributed by atoms with Crippen molar-refractivity contribution < 1.29 is 9.47 Å². The molecule has 0 aromatic heterocycles. The molecule has 6 rings (SSSR count). The summed E-state index contributed by atoms with van der Waals surface area (Å²) in [5.41, 5.74) is 9.74. The smallest absolute Gasteiger partial charge is 0.192 e. The van der Waals surface area contributed by atoms with Crippen molar-refractivity contribution in [3.8, 4) is 0 Å². The molecule has 0 heterocycles. The third-order valence-corrected chi connectivity index (χ3v) is 13.6. The molecule has 0 atom stereocenters. The fourth-order valence-corrected chi connectivity index (χ4v) is 9.57. The molecule has 64 heavy (non-hydrogen) atoms. The lowest BCUT2D eigenvalue weighted by molar-refractivity contribution is -0.308. The van der Waals surface area contributed by atoms with Gasteiger partial charge in [-0.05, 0) is 90.5 Å². The highest BCUT2D eigenvalue weighted by Gasteiger charge is 2.65. The molecular weight excluding hydrogens is 777 g/mol. The maximum Gasteiger partial charge on any atom is 0.192 e. The molecule has 0 bridgehead atoms. The molecule has 1 aliphatic rings. The van der Waals surface area contributed by atoms with Crippen molar-refractivity contribution >= 4 is 24.3 Å². The average Bonchev–Trinajstić information content (AvgIpc) is 3.26. The molecule has 0 aliphatic heterocycles. The van der Waals surface area contributed by atoms with Crippen molar-refractivity contribution in [2.45, 2.75) is 129 Å². The van der Waals surface area contributed by atoms with Gasteiger partial charge in [0.1, 0.15) is 0 Å². The molecule has 2 nitrogen and oxygen atoms in total. The molecule has 2 heteroatoms. The first kappa shape index (κ1) is 48.4. The lowest BCUT2D eigenvalue weighted by Gasteiger charge is -2.60. The molecule has 336 valence electrons. The largest absolute Gasteiger partial charge is 0.351 e. The van der Waals surface area contributed by atoms with Crippen LogP contribution in [0.3, 0.4) is 0 Å².